The number of anilines is 1. The third kappa shape index (κ3) is 1.32. The molecule has 1 N–H and O–H groups in total. The molecule has 1 aromatic rings. The van der Waals surface area contributed by atoms with Gasteiger partial charge in [-0.3, -0.25) is 4.79 Å². The smallest absolute Gasteiger partial charge is 0.237 e. The second-order valence-electron chi connectivity index (χ2n) is 5.33. The minimum absolute atomic E-state index is 0.0262. The molecule has 18 heavy (non-hydrogen) atoms. The molecule has 1 spiro atoms. The number of phenols is 1. The van der Waals surface area contributed by atoms with E-state index in [1.165, 1.54) is 11.0 Å². The summed E-state index contributed by atoms with van der Waals surface area (Å²) in [6, 6.07) is 2.60. The highest BCUT2D eigenvalue weighted by molar-refractivity contribution is 6.08. The average Bonchev–Trinajstić information content (AvgIpc) is 2.54. The van der Waals surface area contributed by atoms with Crippen LogP contribution in [0.2, 0.25) is 0 Å². The number of carbonyl (C=O) groups excluding carboxylic acids is 1. The lowest BCUT2D eigenvalue weighted by molar-refractivity contribution is -0.124. The largest absolute Gasteiger partial charge is 0.508 e. The average molecular weight is 249 g/mol. The monoisotopic (exact) mass is 249 g/mol. The summed E-state index contributed by atoms with van der Waals surface area (Å²) in [5, 5.41) is 9.49. The van der Waals surface area contributed by atoms with Crippen LogP contribution < -0.4 is 4.90 Å². The number of fused-ring (bicyclic) bond motifs is 2. The molecule has 0 saturated heterocycles. The molecule has 0 atom stereocenters. The van der Waals surface area contributed by atoms with Gasteiger partial charge in [-0.15, -0.1) is 0 Å². The Balaban J connectivity index is 2.23. The maximum absolute atomic E-state index is 14.2. The summed E-state index contributed by atoms with van der Waals surface area (Å²) in [6.07, 6.45) is 4.45. The molecule has 4 heteroatoms. The van der Waals surface area contributed by atoms with Gasteiger partial charge in [-0.05, 0) is 12.8 Å². The molecular formula is C14H16FNO2. The zero-order chi connectivity index (χ0) is 12.9. The van der Waals surface area contributed by atoms with Gasteiger partial charge in [-0.25, -0.2) is 4.39 Å². The molecule has 2 aliphatic rings. The number of phenolic OH excluding ortho intramolecular Hbond substituents is 1. The van der Waals surface area contributed by atoms with Gasteiger partial charge in [0.05, 0.1) is 11.1 Å². The van der Waals surface area contributed by atoms with Crippen molar-refractivity contribution >= 4 is 11.6 Å². The SMILES string of the molecule is CN1C(=O)C2(CCCCC2)c2c(F)cc(O)cc21. The Labute approximate surface area is 105 Å². The lowest BCUT2D eigenvalue weighted by atomic mass is 9.70. The molecule has 3 nitrogen and oxygen atoms in total. The highest BCUT2D eigenvalue weighted by Crippen LogP contribution is 2.51. The van der Waals surface area contributed by atoms with Crippen LogP contribution in [0.4, 0.5) is 10.1 Å². The fourth-order valence-corrected chi connectivity index (χ4v) is 3.47. The molecule has 3 rings (SSSR count). The summed E-state index contributed by atoms with van der Waals surface area (Å²) in [6.45, 7) is 0. The van der Waals surface area contributed by atoms with E-state index in [4.69, 9.17) is 0 Å². The van der Waals surface area contributed by atoms with Crippen molar-refractivity contribution < 1.29 is 14.3 Å². The van der Waals surface area contributed by atoms with Crippen molar-refractivity contribution in [2.75, 3.05) is 11.9 Å². The number of amides is 1. The first-order valence-electron chi connectivity index (χ1n) is 6.37. The number of likely N-dealkylation sites (N-methyl/N-ethyl adjacent to an activating group) is 1. The maximum atomic E-state index is 14.2. The summed E-state index contributed by atoms with van der Waals surface area (Å²) in [5.74, 6) is -0.606. The van der Waals surface area contributed by atoms with Gasteiger partial charge in [-0.1, -0.05) is 19.3 Å². The van der Waals surface area contributed by atoms with E-state index in [0.29, 0.717) is 24.1 Å². The van der Waals surface area contributed by atoms with E-state index in [1.54, 1.807) is 7.05 Å². The standard InChI is InChI=1S/C14H16FNO2/c1-16-11-8-9(17)7-10(15)12(11)14(13(16)18)5-3-2-4-6-14/h7-8,17H,2-6H2,1H3. The Morgan fingerprint density at radius 1 is 1.28 bits per heavy atom. The Morgan fingerprint density at radius 3 is 2.61 bits per heavy atom. The van der Waals surface area contributed by atoms with Gasteiger partial charge < -0.3 is 10.0 Å². The topological polar surface area (TPSA) is 40.5 Å². The molecule has 1 aliphatic carbocycles. The molecular weight excluding hydrogens is 233 g/mol. The van der Waals surface area contributed by atoms with Crippen LogP contribution in [0, 0.1) is 5.82 Å². The minimum atomic E-state index is -0.680. The Kier molecular flexibility index (Phi) is 2.37. The Hall–Kier alpha value is -1.58. The molecule has 1 heterocycles. The van der Waals surface area contributed by atoms with Crippen LogP contribution in [0.25, 0.3) is 0 Å². The number of halogens is 1. The van der Waals surface area contributed by atoms with Crippen LogP contribution in [0.5, 0.6) is 5.75 Å². The van der Waals surface area contributed by atoms with Gasteiger partial charge in [0.25, 0.3) is 0 Å². The van der Waals surface area contributed by atoms with Crippen molar-refractivity contribution in [3.63, 3.8) is 0 Å². The number of benzene rings is 1. The third-order valence-electron chi connectivity index (χ3n) is 4.32. The number of hydrogen-bond acceptors (Lipinski definition) is 2. The van der Waals surface area contributed by atoms with Gasteiger partial charge in [0.15, 0.2) is 0 Å². The number of nitrogens with zero attached hydrogens (tertiary/aromatic N) is 1. The van der Waals surface area contributed by atoms with E-state index in [1.807, 2.05) is 0 Å². The van der Waals surface area contributed by atoms with E-state index < -0.39 is 11.2 Å². The van der Waals surface area contributed by atoms with E-state index >= 15 is 0 Å². The second-order valence-corrected chi connectivity index (χ2v) is 5.33. The maximum Gasteiger partial charge on any atom is 0.237 e. The van der Waals surface area contributed by atoms with Crippen LogP contribution in [0.15, 0.2) is 12.1 Å². The molecule has 0 radical (unpaired) electrons. The zero-order valence-electron chi connectivity index (χ0n) is 10.4. The summed E-state index contributed by atoms with van der Waals surface area (Å²) in [7, 11) is 1.66. The predicted octanol–water partition coefficient (Wildman–Crippen LogP) is 2.71. The van der Waals surface area contributed by atoms with Gasteiger partial charge in [0, 0.05) is 24.7 Å². The minimum Gasteiger partial charge on any atom is -0.508 e. The number of carbonyl (C=O) groups is 1. The summed E-state index contributed by atoms with van der Waals surface area (Å²) in [5.41, 5.74) is 0.340. The van der Waals surface area contributed by atoms with Crippen molar-refractivity contribution in [1.82, 2.24) is 0 Å². The Bertz CT molecular complexity index is 521. The number of aromatic hydroxyl groups is 1. The third-order valence-corrected chi connectivity index (χ3v) is 4.32. The van der Waals surface area contributed by atoms with Crippen LogP contribution in [0.3, 0.4) is 0 Å². The normalized spacial score (nSPS) is 21.4. The molecule has 1 amide bonds. The molecule has 1 aliphatic heterocycles. The van der Waals surface area contributed by atoms with E-state index in [9.17, 15) is 14.3 Å². The second kappa shape index (κ2) is 3.70. The lowest BCUT2D eigenvalue weighted by Gasteiger charge is -2.32. The molecule has 0 bridgehead atoms. The van der Waals surface area contributed by atoms with Crippen molar-refractivity contribution in [3.8, 4) is 5.75 Å². The highest BCUT2D eigenvalue weighted by Gasteiger charge is 2.51. The Morgan fingerprint density at radius 2 is 1.94 bits per heavy atom. The molecule has 1 fully saturated rings. The first kappa shape index (κ1) is 11.5. The van der Waals surface area contributed by atoms with Crippen LogP contribution in [0.1, 0.15) is 37.7 Å². The van der Waals surface area contributed by atoms with E-state index in [2.05, 4.69) is 0 Å². The lowest BCUT2D eigenvalue weighted by Crippen LogP contribution is -2.40. The number of hydrogen-bond donors (Lipinski definition) is 1. The van der Waals surface area contributed by atoms with Gasteiger partial charge in [0.1, 0.15) is 11.6 Å². The fraction of sp³-hybridized carbons (Fsp3) is 0.500. The quantitative estimate of drug-likeness (QED) is 0.768. The van der Waals surface area contributed by atoms with Crippen LogP contribution in [-0.4, -0.2) is 18.1 Å². The first-order chi connectivity index (χ1) is 8.56. The van der Waals surface area contributed by atoms with Crippen LogP contribution >= 0.6 is 0 Å². The summed E-state index contributed by atoms with van der Waals surface area (Å²) < 4.78 is 14.2. The van der Waals surface area contributed by atoms with Gasteiger partial charge in [-0.2, -0.15) is 0 Å². The summed E-state index contributed by atoms with van der Waals surface area (Å²) >= 11 is 0. The van der Waals surface area contributed by atoms with Crippen molar-refractivity contribution in [2.24, 2.45) is 0 Å². The van der Waals surface area contributed by atoms with E-state index in [0.717, 1.165) is 25.3 Å². The molecule has 1 saturated carbocycles. The molecule has 96 valence electrons. The number of rotatable bonds is 0. The summed E-state index contributed by atoms with van der Waals surface area (Å²) in [4.78, 5) is 14.0. The molecule has 1 aromatic carbocycles. The van der Waals surface area contributed by atoms with Crippen LogP contribution in [-0.2, 0) is 10.2 Å². The first-order valence-corrected chi connectivity index (χ1v) is 6.37. The van der Waals surface area contributed by atoms with Gasteiger partial charge >= 0.3 is 0 Å². The van der Waals surface area contributed by atoms with Crippen molar-refractivity contribution in [3.05, 3.63) is 23.5 Å². The van der Waals surface area contributed by atoms with Crippen molar-refractivity contribution in [2.45, 2.75) is 37.5 Å². The highest BCUT2D eigenvalue weighted by atomic mass is 19.1. The van der Waals surface area contributed by atoms with Gasteiger partial charge in [0.2, 0.25) is 5.91 Å². The molecule has 0 aromatic heterocycles. The fourth-order valence-electron chi connectivity index (χ4n) is 3.47. The predicted molar refractivity (Wildman–Crippen MR) is 66.2 cm³/mol. The molecule has 0 unspecified atom stereocenters. The zero-order valence-corrected chi connectivity index (χ0v) is 10.4. The van der Waals surface area contributed by atoms with E-state index in [-0.39, 0.29) is 11.7 Å². The van der Waals surface area contributed by atoms with Crippen molar-refractivity contribution in [1.29, 1.82) is 0 Å².